The van der Waals surface area contributed by atoms with Crippen LogP contribution in [-0.2, 0) is 16.1 Å². The third-order valence-electron chi connectivity index (χ3n) is 4.79. The maximum atomic E-state index is 12.5. The molecule has 1 amide bonds. The van der Waals surface area contributed by atoms with Crippen molar-refractivity contribution in [3.8, 4) is 0 Å². The molecule has 0 radical (unpaired) electrons. The van der Waals surface area contributed by atoms with Crippen LogP contribution in [0.25, 0.3) is 11.2 Å². The van der Waals surface area contributed by atoms with Crippen molar-refractivity contribution in [2.45, 2.75) is 25.4 Å². The Labute approximate surface area is 264 Å². The molecule has 0 spiro atoms. The van der Waals surface area contributed by atoms with Gasteiger partial charge in [-0.15, -0.1) is 0 Å². The number of nitrogens with one attached hydrogen (secondary N) is 1. The Kier molecular flexibility index (Phi) is 12.7. The second-order valence-electron chi connectivity index (χ2n) is 7.40. The molecule has 0 aliphatic heterocycles. The molecule has 5 N–H and O–H groups in total. The number of hydrogen-bond donors (Lipinski definition) is 3. The number of fused-ring (bicyclic) bond motifs is 1. The fraction of sp³-hybridized carbons (Fsp3) is 0.250. The van der Waals surface area contributed by atoms with Gasteiger partial charge in [-0.3, -0.25) is 4.79 Å². The van der Waals surface area contributed by atoms with Gasteiger partial charge in [0.1, 0.15) is 0 Å². The zero-order valence-corrected chi connectivity index (χ0v) is 25.6. The Morgan fingerprint density at radius 2 is 1.70 bits per heavy atom. The van der Waals surface area contributed by atoms with Crippen molar-refractivity contribution in [1.29, 1.82) is 0 Å². The molecule has 37 heavy (non-hydrogen) atoms. The van der Waals surface area contributed by atoms with E-state index < -0.39 is 36.7 Å². The number of nitrogen functional groups attached to an aromatic ring is 2. The number of nitrogens with zero attached hydrogens (tertiary/aromatic N) is 5. The van der Waals surface area contributed by atoms with Crippen LogP contribution in [0.3, 0.4) is 0 Å². The van der Waals surface area contributed by atoms with E-state index >= 15 is 0 Å². The van der Waals surface area contributed by atoms with Gasteiger partial charge in [-0.25, -0.2) is 9.97 Å². The van der Waals surface area contributed by atoms with Gasteiger partial charge in [0.15, 0.2) is 17.0 Å². The van der Waals surface area contributed by atoms with Crippen LogP contribution in [0.2, 0.25) is 10.0 Å². The van der Waals surface area contributed by atoms with E-state index in [0.29, 0.717) is 11.4 Å². The summed E-state index contributed by atoms with van der Waals surface area (Å²) in [6.45, 7) is 0.188. The number of carboxylic acids is 2. The molecule has 17 heteroatoms. The van der Waals surface area contributed by atoms with E-state index in [2.05, 4.69) is 25.3 Å². The van der Waals surface area contributed by atoms with E-state index in [1.807, 2.05) is 0 Å². The Balaban J connectivity index is 0.00000342. The average Bonchev–Trinajstić information content (AvgIpc) is 2.75. The minimum absolute atomic E-state index is 0. The fourth-order valence-corrected chi connectivity index (χ4v) is 3.97. The molecule has 1 aromatic carbocycles. The number of carbonyl (C=O) groups excluding carboxylic acids is 3. The SMILES string of the molecule is CN(Cc1cnc2nc(N)nc(N)c2n1)c1c(Cl)cc(C(=O)N[C@@H](CCC(=O)[O-])C(=O)[O-])cc1Cl.[Na+].[Na+]. The topological polar surface area (TPSA) is 216 Å². The quantitative estimate of drug-likeness (QED) is 0.206. The monoisotopic (exact) mass is 566 g/mol. The minimum Gasteiger partial charge on any atom is -0.550 e. The van der Waals surface area contributed by atoms with E-state index in [9.17, 15) is 24.6 Å². The molecule has 0 unspecified atom stereocenters. The smallest absolute Gasteiger partial charge is 0.550 e. The van der Waals surface area contributed by atoms with Gasteiger partial charge in [0.25, 0.3) is 5.91 Å². The molecule has 3 aromatic rings. The third-order valence-corrected chi connectivity index (χ3v) is 5.36. The van der Waals surface area contributed by atoms with Crippen LogP contribution < -0.4 is 91.0 Å². The molecule has 0 bridgehead atoms. The zero-order chi connectivity index (χ0) is 25.9. The van der Waals surface area contributed by atoms with Crippen LogP contribution in [0.5, 0.6) is 0 Å². The van der Waals surface area contributed by atoms with Crippen LogP contribution in [0, 0.1) is 0 Å². The molecule has 0 aliphatic rings. The first kappa shape index (κ1) is 33.1. The maximum Gasteiger partial charge on any atom is 1.00 e. The average molecular weight is 567 g/mol. The molecule has 0 fully saturated rings. The number of anilines is 3. The van der Waals surface area contributed by atoms with Gasteiger partial charge in [0, 0.05) is 18.6 Å². The van der Waals surface area contributed by atoms with E-state index in [1.54, 1.807) is 11.9 Å². The Hall–Kier alpha value is -1.97. The summed E-state index contributed by atoms with van der Waals surface area (Å²) in [7, 11) is 1.67. The number of aromatic nitrogens is 4. The summed E-state index contributed by atoms with van der Waals surface area (Å²) < 4.78 is 0. The summed E-state index contributed by atoms with van der Waals surface area (Å²) >= 11 is 12.7. The molecule has 184 valence electrons. The normalized spacial score (nSPS) is 11.1. The minimum atomic E-state index is -1.64. The number of nitrogens with two attached hydrogens (primary N) is 2. The molecular weight excluding hydrogens is 549 g/mol. The summed E-state index contributed by atoms with van der Waals surface area (Å²) in [5.41, 5.74) is 12.7. The van der Waals surface area contributed by atoms with Gasteiger partial charge in [0.05, 0.1) is 46.2 Å². The van der Waals surface area contributed by atoms with Gasteiger partial charge >= 0.3 is 59.1 Å². The summed E-state index contributed by atoms with van der Waals surface area (Å²) in [6.07, 6.45) is 0.488. The molecule has 2 heterocycles. The molecule has 2 aromatic heterocycles. The molecule has 0 saturated carbocycles. The molecule has 0 aliphatic carbocycles. The number of aliphatic carboxylic acids is 2. The molecule has 0 saturated heterocycles. The van der Waals surface area contributed by atoms with Gasteiger partial charge in [0.2, 0.25) is 5.95 Å². The summed E-state index contributed by atoms with van der Waals surface area (Å²) in [5.74, 6) is -3.88. The zero-order valence-electron chi connectivity index (χ0n) is 20.1. The second-order valence-corrected chi connectivity index (χ2v) is 8.22. The van der Waals surface area contributed by atoms with E-state index in [1.165, 1.54) is 18.3 Å². The van der Waals surface area contributed by atoms with Gasteiger partial charge in [-0.1, -0.05) is 23.2 Å². The fourth-order valence-electron chi connectivity index (χ4n) is 3.19. The first-order valence-electron chi connectivity index (χ1n) is 9.92. The largest absolute Gasteiger partial charge is 1.00 e. The third kappa shape index (κ3) is 8.52. The van der Waals surface area contributed by atoms with Crippen LogP contribution in [0.4, 0.5) is 17.5 Å². The van der Waals surface area contributed by atoms with Gasteiger partial charge in [-0.2, -0.15) is 9.97 Å². The number of carbonyl (C=O) groups is 3. The predicted octanol–water partition coefficient (Wildman–Crippen LogP) is -7.09. The second kappa shape index (κ2) is 14.3. The first-order valence-corrected chi connectivity index (χ1v) is 10.7. The van der Waals surface area contributed by atoms with E-state index in [4.69, 9.17) is 34.7 Å². The van der Waals surface area contributed by atoms with Crippen LogP contribution in [0.1, 0.15) is 28.9 Å². The van der Waals surface area contributed by atoms with Crippen molar-refractivity contribution < 1.29 is 83.7 Å². The number of carboxylic acid groups (broad SMARTS) is 2. The van der Waals surface area contributed by atoms with Crippen LogP contribution in [0.15, 0.2) is 18.3 Å². The van der Waals surface area contributed by atoms with Crippen LogP contribution >= 0.6 is 23.2 Å². The molecule has 1 atom stereocenters. The Morgan fingerprint density at radius 1 is 1.08 bits per heavy atom. The van der Waals surface area contributed by atoms with Gasteiger partial charge in [-0.05, 0) is 25.0 Å². The summed E-state index contributed by atoms with van der Waals surface area (Å²) in [6, 6.07) is 1.04. The number of amides is 1. The summed E-state index contributed by atoms with van der Waals surface area (Å²) in [5, 5.41) is 24.2. The van der Waals surface area contributed by atoms with Crippen LogP contribution in [-0.4, -0.2) is 50.9 Å². The van der Waals surface area contributed by atoms with Crippen molar-refractivity contribution >= 4 is 69.7 Å². The first-order chi connectivity index (χ1) is 16.5. The number of rotatable bonds is 9. The maximum absolute atomic E-state index is 12.5. The number of hydrogen-bond acceptors (Lipinski definition) is 12. The predicted molar refractivity (Wildman–Crippen MR) is 123 cm³/mol. The molecule has 3 rings (SSSR count). The standard InChI is InChI=1S/C20H20Cl2N8O5.2Na/c1-30(7-9-6-25-17-14(26-9)16(23)28-20(24)29-17)15-10(21)4-8(5-11(15)22)18(33)27-12(19(34)35)2-3-13(31)32;;/h4-6,12H,2-3,7H2,1H3,(H,27,33)(H,31,32)(H,34,35)(H4,23,24,25,28,29);;/q;2*+1/p-2/t12-;;/m0../s1. The van der Waals surface area contributed by atoms with E-state index in [0.717, 1.165) is 0 Å². The van der Waals surface area contributed by atoms with E-state index in [-0.39, 0.29) is 104 Å². The van der Waals surface area contributed by atoms with Crippen molar-refractivity contribution in [2.75, 3.05) is 23.4 Å². The van der Waals surface area contributed by atoms with Crippen molar-refractivity contribution in [2.24, 2.45) is 0 Å². The number of benzene rings is 1. The molecular formula is C20H18Cl2N8Na2O5. The summed E-state index contributed by atoms with van der Waals surface area (Å²) in [4.78, 5) is 52.4. The van der Waals surface area contributed by atoms with Crippen molar-refractivity contribution in [1.82, 2.24) is 25.3 Å². The van der Waals surface area contributed by atoms with Crippen molar-refractivity contribution in [3.63, 3.8) is 0 Å². The Morgan fingerprint density at radius 3 is 2.27 bits per heavy atom. The number of halogens is 2. The molecule has 13 nitrogen and oxygen atoms in total. The van der Waals surface area contributed by atoms with Gasteiger partial charge < -0.3 is 41.5 Å². The Bertz CT molecular complexity index is 1310. The van der Waals surface area contributed by atoms with Crippen molar-refractivity contribution in [3.05, 3.63) is 39.6 Å².